The Bertz CT molecular complexity index is 1320. The van der Waals surface area contributed by atoms with Gasteiger partial charge in [0, 0.05) is 36.4 Å². The van der Waals surface area contributed by atoms with Crippen LogP contribution in [0.15, 0.2) is 54.6 Å². The van der Waals surface area contributed by atoms with E-state index in [1.807, 2.05) is 36.4 Å². The minimum atomic E-state index is -0.265. The van der Waals surface area contributed by atoms with Crippen molar-refractivity contribution >= 4 is 23.2 Å². The first kappa shape index (κ1) is 25.6. The summed E-state index contributed by atoms with van der Waals surface area (Å²) in [6, 6.07) is 16.8. The number of carbonyl (C=O) groups excluding carboxylic acids is 2. The number of amides is 2. The third-order valence-electron chi connectivity index (χ3n) is 7.26. The second kappa shape index (κ2) is 11.6. The van der Waals surface area contributed by atoms with Gasteiger partial charge in [0.2, 0.25) is 0 Å². The van der Waals surface area contributed by atoms with E-state index in [9.17, 15) is 9.59 Å². The summed E-state index contributed by atoms with van der Waals surface area (Å²) in [5.74, 6) is 0.724. The summed E-state index contributed by atoms with van der Waals surface area (Å²) in [5, 5.41) is 9.27. The Balaban J connectivity index is 1.30. The predicted octanol–water partition coefficient (Wildman–Crippen LogP) is 4.76. The number of fused-ring (bicyclic) bond motifs is 1. The fourth-order valence-corrected chi connectivity index (χ4v) is 5.28. The number of nitrogens with zero attached hydrogens (tertiary/aromatic N) is 1. The van der Waals surface area contributed by atoms with Gasteiger partial charge in [-0.2, -0.15) is 0 Å². The first-order valence-electron chi connectivity index (χ1n) is 13.1. The molecule has 1 saturated heterocycles. The van der Waals surface area contributed by atoms with Crippen molar-refractivity contribution < 1.29 is 19.1 Å². The van der Waals surface area contributed by atoms with Gasteiger partial charge in [-0.05, 0) is 73.5 Å². The van der Waals surface area contributed by atoms with Crippen LogP contribution in [0, 0.1) is 0 Å². The van der Waals surface area contributed by atoms with Gasteiger partial charge in [-0.25, -0.2) is 0 Å². The Hall–Kier alpha value is -4.04. The summed E-state index contributed by atoms with van der Waals surface area (Å²) < 4.78 is 11.1. The maximum absolute atomic E-state index is 13.1. The van der Waals surface area contributed by atoms with Crippen LogP contribution in [0.25, 0.3) is 11.1 Å². The van der Waals surface area contributed by atoms with Crippen LogP contribution in [-0.2, 0) is 6.54 Å². The van der Waals surface area contributed by atoms with Gasteiger partial charge in [-0.15, -0.1) is 0 Å². The van der Waals surface area contributed by atoms with Crippen molar-refractivity contribution in [1.82, 2.24) is 10.2 Å². The predicted molar refractivity (Wildman–Crippen MR) is 149 cm³/mol. The molecule has 0 atom stereocenters. The molecule has 1 fully saturated rings. The summed E-state index contributed by atoms with van der Waals surface area (Å²) >= 11 is 0. The number of nitrogens with one attached hydrogen (secondary N) is 3. The minimum absolute atomic E-state index is 0.215. The van der Waals surface area contributed by atoms with E-state index in [4.69, 9.17) is 9.47 Å². The molecular weight excluding hydrogens is 480 g/mol. The van der Waals surface area contributed by atoms with Gasteiger partial charge in [-0.3, -0.25) is 9.59 Å². The number of likely N-dealkylation sites (tertiary alicyclic amines) is 1. The fourth-order valence-electron chi connectivity index (χ4n) is 5.28. The normalized spacial score (nSPS) is 14.9. The van der Waals surface area contributed by atoms with E-state index in [1.54, 1.807) is 32.4 Å². The summed E-state index contributed by atoms with van der Waals surface area (Å²) in [4.78, 5) is 28.4. The largest absolute Gasteiger partial charge is 0.493 e. The molecule has 2 aliphatic heterocycles. The second-order valence-electron chi connectivity index (χ2n) is 9.60. The lowest BCUT2D eigenvalue weighted by molar-refractivity contribution is 0.0966. The second-order valence-corrected chi connectivity index (χ2v) is 9.60. The van der Waals surface area contributed by atoms with E-state index in [0.717, 1.165) is 35.5 Å². The fraction of sp³-hybridized carbons (Fsp3) is 0.333. The van der Waals surface area contributed by atoms with E-state index in [-0.39, 0.29) is 11.8 Å². The molecule has 0 aliphatic carbocycles. The lowest BCUT2D eigenvalue weighted by atomic mass is 9.94. The molecule has 2 amide bonds. The molecule has 0 spiro atoms. The third-order valence-corrected chi connectivity index (χ3v) is 7.26. The molecule has 0 aromatic heterocycles. The van der Waals surface area contributed by atoms with Crippen molar-refractivity contribution in [2.75, 3.05) is 51.0 Å². The number of hydrogen-bond donors (Lipinski definition) is 3. The summed E-state index contributed by atoms with van der Waals surface area (Å²) in [6.45, 7) is 4.61. The van der Waals surface area contributed by atoms with Crippen molar-refractivity contribution in [2.45, 2.75) is 25.8 Å². The summed E-state index contributed by atoms with van der Waals surface area (Å²) in [7, 11) is 3.18. The van der Waals surface area contributed by atoms with E-state index in [2.05, 4.69) is 20.9 Å². The third kappa shape index (κ3) is 5.31. The van der Waals surface area contributed by atoms with Crippen LogP contribution >= 0.6 is 0 Å². The molecule has 0 unspecified atom stereocenters. The maximum Gasteiger partial charge on any atom is 0.255 e. The van der Waals surface area contributed by atoms with Gasteiger partial charge in [0.25, 0.3) is 11.8 Å². The first-order chi connectivity index (χ1) is 18.6. The molecule has 3 N–H and O–H groups in total. The van der Waals surface area contributed by atoms with E-state index in [1.165, 1.54) is 32.4 Å². The molecule has 2 aliphatic rings. The first-order valence-corrected chi connectivity index (χ1v) is 13.1. The van der Waals surface area contributed by atoms with E-state index >= 15 is 0 Å². The number of para-hydroxylation sites is 1. The lowest BCUT2D eigenvalue weighted by Crippen LogP contribution is -2.33. The van der Waals surface area contributed by atoms with Crippen LogP contribution in [0.1, 0.15) is 45.5 Å². The zero-order valence-corrected chi connectivity index (χ0v) is 21.9. The van der Waals surface area contributed by atoms with Gasteiger partial charge in [-0.1, -0.05) is 24.6 Å². The lowest BCUT2D eigenvalue weighted by Gasteiger charge is -2.26. The molecule has 3 aromatic rings. The highest BCUT2D eigenvalue weighted by atomic mass is 16.5. The Morgan fingerprint density at radius 3 is 2.47 bits per heavy atom. The summed E-state index contributed by atoms with van der Waals surface area (Å²) in [5.41, 5.74) is 4.94. The molecule has 3 aromatic carbocycles. The van der Waals surface area contributed by atoms with Crippen LogP contribution in [0.3, 0.4) is 0 Å². The van der Waals surface area contributed by atoms with Gasteiger partial charge in [0.1, 0.15) is 0 Å². The molecule has 0 saturated carbocycles. The van der Waals surface area contributed by atoms with Crippen molar-refractivity contribution in [3.8, 4) is 22.6 Å². The number of benzene rings is 3. The molecular formula is C30H34N4O4. The van der Waals surface area contributed by atoms with Crippen LogP contribution < -0.4 is 25.4 Å². The van der Waals surface area contributed by atoms with Crippen molar-refractivity contribution in [1.29, 1.82) is 0 Å². The highest BCUT2D eigenvalue weighted by molar-refractivity contribution is 6.11. The van der Waals surface area contributed by atoms with Crippen LogP contribution in [-0.4, -0.2) is 57.1 Å². The standard InChI is InChI=1S/C30H34N4O4/c1-37-26-8-6-7-23(28(26)38-2)22-13-14-25(27-24(22)19-32-30(27)36)33-29(35)20-9-11-21(12-10-20)31-15-18-34-16-4-3-5-17-34/h6-14,31H,3-5,15-19H2,1-2H3,(H,32,36)(H,33,35). The number of anilines is 2. The zero-order valence-electron chi connectivity index (χ0n) is 21.9. The quantitative estimate of drug-likeness (QED) is 0.381. The molecule has 5 rings (SSSR count). The Kier molecular flexibility index (Phi) is 7.79. The zero-order chi connectivity index (χ0) is 26.5. The van der Waals surface area contributed by atoms with Crippen molar-refractivity contribution in [3.63, 3.8) is 0 Å². The molecule has 0 radical (unpaired) electrons. The summed E-state index contributed by atoms with van der Waals surface area (Å²) in [6.07, 6.45) is 3.90. The van der Waals surface area contributed by atoms with Crippen LogP contribution in [0.5, 0.6) is 11.5 Å². The Morgan fingerprint density at radius 1 is 0.947 bits per heavy atom. The number of piperidine rings is 1. The number of carbonyl (C=O) groups is 2. The smallest absolute Gasteiger partial charge is 0.255 e. The minimum Gasteiger partial charge on any atom is -0.493 e. The van der Waals surface area contributed by atoms with Crippen LogP contribution in [0.4, 0.5) is 11.4 Å². The molecule has 2 heterocycles. The molecule has 0 bridgehead atoms. The SMILES string of the molecule is COc1cccc(-c2ccc(NC(=O)c3ccc(NCCN4CCCCC4)cc3)c3c2CNC3=O)c1OC. The highest BCUT2D eigenvalue weighted by Gasteiger charge is 2.28. The van der Waals surface area contributed by atoms with E-state index < -0.39 is 0 Å². The average molecular weight is 515 g/mol. The van der Waals surface area contributed by atoms with Gasteiger partial charge in [0.05, 0.1) is 25.5 Å². The van der Waals surface area contributed by atoms with Gasteiger partial charge < -0.3 is 30.3 Å². The molecule has 198 valence electrons. The van der Waals surface area contributed by atoms with Crippen LogP contribution in [0.2, 0.25) is 0 Å². The van der Waals surface area contributed by atoms with E-state index in [0.29, 0.717) is 34.9 Å². The number of hydrogen-bond acceptors (Lipinski definition) is 6. The average Bonchev–Trinajstić information content (AvgIpc) is 3.35. The number of methoxy groups -OCH3 is 2. The number of ether oxygens (including phenoxy) is 2. The van der Waals surface area contributed by atoms with Gasteiger partial charge in [0.15, 0.2) is 11.5 Å². The Labute approximate surface area is 223 Å². The molecule has 8 heteroatoms. The van der Waals surface area contributed by atoms with Gasteiger partial charge >= 0.3 is 0 Å². The topological polar surface area (TPSA) is 91.9 Å². The molecule has 8 nitrogen and oxygen atoms in total. The van der Waals surface area contributed by atoms with Crippen molar-refractivity contribution in [2.24, 2.45) is 0 Å². The maximum atomic E-state index is 13.1. The molecule has 38 heavy (non-hydrogen) atoms. The highest BCUT2D eigenvalue weighted by Crippen LogP contribution is 2.42. The van der Waals surface area contributed by atoms with Crippen molar-refractivity contribution in [3.05, 3.63) is 71.3 Å². The Morgan fingerprint density at radius 2 is 1.74 bits per heavy atom. The number of rotatable bonds is 9. The monoisotopic (exact) mass is 514 g/mol.